The zero-order valence-corrected chi connectivity index (χ0v) is 21.2. The molecule has 0 N–H and O–H groups in total. The van der Waals surface area contributed by atoms with Crippen LogP contribution in [-0.4, -0.2) is 50.6 Å². The SMILES string of the molecule is CCN(Cc1ccccc1)C(=O)N1CCC(Cn2cnc3cc(C)ccc3c2=O)(OI)CC1. The van der Waals surface area contributed by atoms with E-state index >= 15 is 0 Å². The molecule has 0 saturated carbocycles. The molecule has 3 aromatic rings. The summed E-state index contributed by atoms with van der Waals surface area (Å²) in [6.45, 7) is 6.82. The fraction of sp³-hybridized carbons (Fsp3) is 0.400. The van der Waals surface area contributed by atoms with Gasteiger partial charge in [0.2, 0.25) is 0 Å². The number of urea groups is 1. The predicted molar refractivity (Wildman–Crippen MR) is 137 cm³/mol. The van der Waals surface area contributed by atoms with Crippen LogP contribution in [0.4, 0.5) is 4.79 Å². The molecule has 0 aliphatic carbocycles. The molecule has 33 heavy (non-hydrogen) atoms. The molecule has 0 spiro atoms. The van der Waals surface area contributed by atoms with Crippen molar-refractivity contribution in [2.45, 2.75) is 45.4 Å². The molecule has 0 bridgehead atoms. The summed E-state index contributed by atoms with van der Waals surface area (Å²) in [4.78, 5) is 34.4. The molecule has 2 amide bonds. The number of piperidine rings is 1. The highest BCUT2D eigenvalue weighted by Crippen LogP contribution is 2.31. The van der Waals surface area contributed by atoms with Crippen LogP contribution in [0.25, 0.3) is 10.9 Å². The van der Waals surface area contributed by atoms with Crippen molar-refractivity contribution in [1.29, 1.82) is 0 Å². The van der Waals surface area contributed by atoms with E-state index in [0.717, 1.165) is 11.1 Å². The van der Waals surface area contributed by atoms with Gasteiger partial charge in [-0.25, -0.2) is 9.78 Å². The van der Waals surface area contributed by atoms with Gasteiger partial charge in [-0.05, 0) is 49.9 Å². The average Bonchev–Trinajstić information content (AvgIpc) is 2.85. The molecule has 0 unspecified atom stereocenters. The van der Waals surface area contributed by atoms with Crippen molar-refractivity contribution < 1.29 is 7.86 Å². The van der Waals surface area contributed by atoms with Crippen LogP contribution in [0, 0.1) is 6.92 Å². The molecule has 8 heteroatoms. The molecular weight excluding hydrogens is 531 g/mol. The number of rotatable bonds is 6. The first-order valence-corrected chi connectivity index (χ1v) is 12.2. The smallest absolute Gasteiger partial charge is 0.320 e. The molecule has 4 rings (SSSR count). The van der Waals surface area contributed by atoms with E-state index in [0.29, 0.717) is 56.5 Å². The second-order valence-corrected chi connectivity index (χ2v) is 9.17. The van der Waals surface area contributed by atoms with Gasteiger partial charge in [-0.15, -0.1) is 0 Å². The fourth-order valence-corrected chi connectivity index (χ4v) is 4.95. The van der Waals surface area contributed by atoms with E-state index in [9.17, 15) is 9.59 Å². The molecule has 0 radical (unpaired) electrons. The molecule has 2 heterocycles. The number of halogens is 1. The van der Waals surface area contributed by atoms with Crippen LogP contribution in [0.15, 0.2) is 59.7 Å². The minimum atomic E-state index is -0.516. The Balaban J connectivity index is 1.45. The Hall–Kier alpha value is -2.46. The number of carbonyl (C=O) groups is 1. The fourth-order valence-electron chi connectivity index (χ4n) is 4.38. The highest BCUT2D eigenvalue weighted by Gasteiger charge is 2.38. The monoisotopic (exact) mass is 560 g/mol. The lowest BCUT2D eigenvalue weighted by atomic mass is 9.91. The molecule has 2 aromatic carbocycles. The lowest BCUT2D eigenvalue weighted by Gasteiger charge is -2.41. The largest absolute Gasteiger partial charge is 0.324 e. The zero-order valence-electron chi connectivity index (χ0n) is 19.0. The highest BCUT2D eigenvalue weighted by atomic mass is 127. The van der Waals surface area contributed by atoms with Gasteiger partial charge < -0.3 is 12.9 Å². The molecular formula is C25H29IN4O3. The molecule has 0 atom stereocenters. The van der Waals surface area contributed by atoms with Crippen molar-refractivity contribution in [3.63, 3.8) is 0 Å². The number of benzene rings is 2. The number of amides is 2. The Morgan fingerprint density at radius 3 is 2.58 bits per heavy atom. The van der Waals surface area contributed by atoms with Crippen LogP contribution in [0.1, 0.15) is 30.9 Å². The Morgan fingerprint density at radius 2 is 1.91 bits per heavy atom. The lowest BCUT2D eigenvalue weighted by Crippen LogP contribution is -2.53. The van der Waals surface area contributed by atoms with Crippen molar-refractivity contribution in [3.05, 3.63) is 76.3 Å². The summed E-state index contributed by atoms with van der Waals surface area (Å²) >= 11 is 1.93. The number of fused-ring (bicyclic) bond motifs is 1. The first kappa shape index (κ1) is 23.7. The molecule has 1 aliphatic rings. The second kappa shape index (κ2) is 10.2. The first-order chi connectivity index (χ1) is 15.9. The van der Waals surface area contributed by atoms with Gasteiger partial charge in [0.05, 0.1) is 23.8 Å². The molecule has 1 aliphatic heterocycles. The van der Waals surface area contributed by atoms with Crippen LogP contribution in [0.5, 0.6) is 0 Å². The van der Waals surface area contributed by atoms with Gasteiger partial charge in [0.25, 0.3) is 5.56 Å². The van der Waals surface area contributed by atoms with E-state index in [1.807, 2.05) is 95.2 Å². The van der Waals surface area contributed by atoms with E-state index < -0.39 is 5.60 Å². The lowest BCUT2D eigenvalue weighted by molar-refractivity contribution is 0.0262. The van der Waals surface area contributed by atoms with E-state index in [2.05, 4.69) is 4.98 Å². The van der Waals surface area contributed by atoms with E-state index in [1.165, 1.54) is 0 Å². The van der Waals surface area contributed by atoms with Crippen LogP contribution >= 0.6 is 23.0 Å². The number of likely N-dealkylation sites (tertiary alicyclic amines) is 1. The topological polar surface area (TPSA) is 67.7 Å². The molecule has 1 aromatic heterocycles. The standard InChI is InChI=1S/C25H29IN4O3/c1-3-28(16-20-7-5-4-6-8-20)24(32)29-13-11-25(33-26,12-14-29)17-30-18-27-22-15-19(2)9-10-21(22)23(30)31/h4-10,15,18H,3,11-14,16-17H2,1-2H3. The van der Waals surface area contributed by atoms with E-state index in [1.54, 1.807) is 10.9 Å². The summed E-state index contributed by atoms with van der Waals surface area (Å²) in [5.41, 5.74) is 2.32. The maximum atomic E-state index is 13.2. The van der Waals surface area contributed by atoms with Gasteiger partial charge in [-0.1, -0.05) is 36.4 Å². The predicted octanol–water partition coefficient (Wildman–Crippen LogP) is 4.55. The van der Waals surface area contributed by atoms with Crippen LogP contribution in [0.3, 0.4) is 0 Å². The summed E-state index contributed by atoms with van der Waals surface area (Å²) < 4.78 is 7.55. The molecule has 1 fully saturated rings. The first-order valence-electron chi connectivity index (χ1n) is 11.3. The number of aryl methyl sites for hydroxylation is 1. The third-order valence-electron chi connectivity index (χ3n) is 6.42. The Kier molecular flexibility index (Phi) is 7.33. The van der Waals surface area contributed by atoms with Gasteiger partial charge in [-0.2, -0.15) is 0 Å². The van der Waals surface area contributed by atoms with Crippen molar-refractivity contribution in [1.82, 2.24) is 19.4 Å². The molecule has 174 valence electrons. The summed E-state index contributed by atoms with van der Waals surface area (Å²) in [5, 5.41) is 0.610. The number of hydrogen-bond donors (Lipinski definition) is 0. The van der Waals surface area contributed by atoms with Gasteiger partial charge in [0.1, 0.15) is 28.6 Å². The van der Waals surface area contributed by atoms with Crippen LogP contribution < -0.4 is 5.56 Å². The Labute approximate surface area is 208 Å². The van der Waals surface area contributed by atoms with Gasteiger partial charge in [0, 0.05) is 26.2 Å². The molecule has 7 nitrogen and oxygen atoms in total. The quantitative estimate of drug-likeness (QED) is 0.415. The zero-order chi connectivity index (χ0) is 23.4. The number of carbonyl (C=O) groups excluding carboxylic acids is 1. The van der Waals surface area contributed by atoms with Gasteiger partial charge in [-0.3, -0.25) is 9.36 Å². The van der Waals surface area contributed by atoms with Gasteiger partial charge in [0.15, 0.2) is 0 Å². The normalized spacial score (nSPS) is 15.5. The van der Waals surface area contributed by atoms with E-state index in [-0.39, 0.29) is 11.6 Å². The summed E-state index contributed by atoms with van der Waals surface area (Å²) in [6, 6.07) is 15.8. The highest BCUT2D eigenvalue weighted by molar-refractivity contribution is 14.1. The van der Waals surface area contributed by atoms with Crippen molar-refractivity contribution in [2.24, 2.45) is 0 Å². The maximum absolute atomic E-state index is 13.2. The molecule has 1 saturated heterocycles. The summed E-state index contributed by atoms with van der Waals surface area (Å²) in [5.74, 6) is 0. The Morgan fingerprint density at radius 1 is 1.18 bits per heavy atom. The maximum Gasteiger partial charge on any atom is 0.320 e. The summed E-state index contributed by atoms with van der Waals surface area (Å²) in [7, 11) is 0. The van der Waals surface area contributed by atoms with Crippen molar-refractivity contribution >= 4 is 39.9 Å². The minimum Gasteiger partial charge on any atom is -0.324 e. The Bertz CT molecular complexity index is 1170. The number of nitrogens with zero attached hydrogens (tertiary/aromatic N) is 4. The van der Waals surface area contributed by atoms with E-state index in [4.69, 9.17) is 3.07 Å². The number of aromatic nitrogens is 2. The average molecular weight is 560 g/mol. The van der Waals surface area contributed by atoms with Crippen LogP contribution in [0.2, 0.25) is 0 Å². The minimum absolute atomic E-state index is 0.0447. The second-order valence-electron chi connectivity index (χ2n) is 8.73. The summed E-state index contributed by atoms with van der Waals surface area (Å²) in [6.07, 6.45) is 2.92. The van der Waals surface area contributed by atoms with Crippen molar-refractivity contribution in [2.75, 3.05) is 19.6 Å². The van der Waals surface area contributed by atoms with Crippen molar-refractivity contribution in [3.8, 4) is 0 Å². The van der Waals surface area contributed by atoms with Crippen LogP contribution in [-0.2, 0) is 16.2 Å². The third-order valence-corrected chi connectivity index (χ3v) is 7.35. The number of hydrogen-bond acceptors (Lipinski definition) is 4. The van der Waals surface area contributed by atoms with Gasteiger partial charge >= 0.3 is 6.03 Å². The third kappa shape index (κ3) is 5.22.